The van der Waals surface area contributed by atoms with Gasteiger partial charge < -0.3 is 9.73 Å². The smallest absolute Gasteiger partial charge is 0.408 e. The van der Waals surface area contributed by atoms with Gasteiger partial charge in [0, 0.05) is 24.8 Å². The fourth-order valence-corrected chi connectivity index (χ4v) is 6.07. The van der Waals surface area contributed by atoms with E-state index in [9.17, 15) is 18.0 Å². The molecule has 0 radical (unpaired) electrons. The number of sulfonamides is 1. The highest BCUT2D eigenvalue weighted by Crippen LogP contribution is 2.28. The maximum absolute atomic E-state index is 13.2. The molecule has 2 unspecified atom stereocenters. The van der Waals surface area contributed by atoms with Gasteiger partial charge in [-0.1, -0.05) is 26.0 Å². The Morgan fingerprint density at radius 3 is 2.53 bits per heavy atom. The van der Waals surface area contributed by atoms with Gasteiger partial charge in [-0.15, -0.1) is 0 Å². The van der Waals surface area contributed by atoms with Crippen LogP contribution in [0.4, 0.5) is 5.69 Å². The third-order valence-corrected chi connectivity index (χ3v) is 7.54. The Hall–Kier alpha value is -2.91. The Kier molecular flexibility index (Phi) is 5.96. The van der Waals surface area contributed by atoms with Crippen LogP contribution in [0.2, 0.25) is 0 Å². The van der Waals surface area contributed by atoms with E-state index in [-0.39, 0.29) is 34.8 Å². The molecule has 170 valence electrons. The number of amides is 1. The number of carbonyl (C=O) groups excluding carboxylic acids is 1. The maximum Gasteiger partial charge on any atom is 0.420 e. The normalized spacial score (nSPS) is 19.8. The summed E-state index contributed by atoms with van der Waals surface area (Å²) >= 11 is 0. The molecule has 2 aromatic carbocycles. The molecule has 1 fully saturated rings. The number of nitrogens with zero attached hydrogens (tertiary/aromatic N) is 2. The number of piperidine rings is 1. The van der Waals surface area contributed by atoms with Crippen molar-refractivity contribution in [2.45, 2.75) is 38.6 Å². The summed E-state index contributed by atoms with van der Waals surface area (Å²) < 4.78 is 34.3. The van der Waals surface area contributed by atoms with Crippen LogP contribution in [0.15, 0.2) is 56.6 Å². The van der Waals surface area contributed by atoms with Gasteiger partial charge in [-0.2, -0.15) is 4.31 Å². The van der Waals surface area contributed by atoms with Gasteiger partial charge >= 0.3 is 5.76 Å². The molecule has 0 aliphatic carbocycles. The van der Waals surface area contributed by atoms with Crippen LogP contribution in [0.5, 0.6) is 0 Å². The average Bonchev–Trinajstić information content (AvgIpc) is 3.01. The first kappa shape index (κ1) is 22.3. The molecule has 1 aromatic heterocycles. The highest BCUT2D eigenvalue weighted by molar-refractivity contribution is 7.89. The quantitative estimate of drug-likeness (QED) is 0.634. The summed E-state index contributed by atoms with van der Waals surface area (Å²) in [4.78, 5) is 24.9. The van der Waals surface area contributed by atoms with Crippen LogP contribution in [0.3, 0.4) is 0 Å². The van der Waals surface area contributed by atoms with E-state index in [1.807, 2.05) is 39.0 Å². The first-order valence-corrected chi connectivity index (χ1v) is 12.1. The van der Waals surface area contributed by atoms with Crippen molar-refractivity contribution in [3.8, 4) is 0 Å². The fraction of sp³-hybridized carbons (Fsp3) is 0.391. The number of nitrogens with one attached hydrogen (secondary N) is 1. The lowest BCUT2D eigenvalue weighted by molar-refractivity contribution is -0.116. The van der Waals surface area contributed by atoms with Crippen molar-refractivity contribution in [3.05, 3.63) is 58.6 Å². The second-order valence-corrected chi connectivity index (χ2v) is 10.7. The molecular formula is C23H27N3O5S. The van der Waals surface area contributed by atoms with E-state index in [4.69, 9.17) is 4.42 Å². The molecule has 3 aromatic rings. The zero-order valence-electron chi connectivity index (χ0n) is 18.4. The van der Waals surface area contributed by atoms with Gasteiger partial charge in [0.2, 0.25) is 15.9 Å². The number of hydrogen-bond donors (Lipinski definition) is 1. The first-order valence-electron chi connectivity index (χ1n) is 10.6. The number of hydrogen-bond acceptors (Lipinski definition) is 5. The molecular weight excluding hydrogens is 430 g/mol. The van der Waals surface area contributed by atoms with Crippen LogP contribution in [0, 0.1) is 18.8 Å². The molecule has 32 heavy (non-hydrogen) atoms. The minimum Gasteiger partial charge on any atom is -0.408 e. The summed E-state index contributed by atoms with van der Waals surface area (Å²) in [5.41, 5.74) is 2.14. The minimum atomic E-state index is -3.71. The Balaban J connectivity index is 1.59. The van der Waals surface area contributed by atoms with Gasteiger partial charge in [-0.3, -0.25) is 9.36 Å². The summed E-state index contributed by atoms with van der Waals surface area (Å²) in [5.74, 6) is -0.533. The zero-order chi connectivity index (χ0) is 23.0. The van der Waals surface area contributed by atoms with E-state index < -0.39 is 15.8 Å². The molecule has 2 atom stereocenters. The first-order chi connectivity index (χ1) is 15.1. The predicted octanol–water partition coefficient (Wildman–Crippen LogP) is 3.21. The number of rotatable bonds is 5. The van der Waals surface area contributed by atoms with Crippen LogP contribution in [0.25, 0.3) is 11.1 Å². The molecule has 0 spiro atoms. The summed E-state index contributed by atoms with van der Waals surface area (Å²) in [6.45, 7) is 6.70. The van der Waals surface area contributed by atoms with Crippen LogP contribution in [-0.4, -0.2) is 36.3 Å². The molecule has 1 aliphatic rings. The topological polar surface area (TPSA) is 102 Å². The van der Waals surface area contributed by atoms with E-state index in [1.54, 1.807) is 6.07 Å². The van der Waals surface area contributed by atoms with Gasteiger partial charge in [-0.25, -0.2) is 13.2 Å². The van der Waals surface area contributed by atoms with Crippen LogP contribution in [0.1, 0.15) is 25.8 Å². The number of anilines is 1. The van der Waals surface area contributed by atoms with E-state index in [2.05, 4.69) is 5.32 Å². The molecule has 8 nitrogen and oxygen atoms in total. The van der Waals surface area contributed by atoms with Crippen molar-refractivity contribution < 1.29 is 17.6 Å². The third-order valence-electron chi connectivity index (χ3n) is 5.72. The zero-order valence-corrected chi connectivity index (χ0v) is 19.2. The molecule has 9 heteroatoms. The predicted molar refractivity (Wildman–Crippen MR) is 122 cm³/mol. The number of fused-ring (bicyclic) bond motifs is 1. The molecule has 2 heterocycles. The lowest BCUT2D eigenvalue weighted by Crippen LogP contribution is -2.42. The van der Waals surface area contributed by atoms with Crippen molar-refractivity contribution in [2.24, 2.45) is 11.8 Å². The monoisotopic (exact) mass is 457 g/mol. The van der Waals surface area contributed by atoms with E-state index in [1.165, 1.54) is 27.1 Å². The van der Waals surface area contributed by atoms with Crippen molar-refractivity contribution in [3.63, 3.8) is 0 Å². The molecule has 0 saturated carbocycles. The fourth-order valence-electron chi connectivity index (χ4n) is 4.37. The Morgan fingerprint density at radius 1 is 1.12 bits per heavy atom. The van der Waals surface area contributed by atoms with Crippen LogP contribution in [-0.2, 0) is 21.4 Å². The van der Waals surface area contributed by atoms with Crippen LogP contribution >= 0.6 is 0 Å². The molecule has 0 bridgehead atoms. The molecule has 4 rings (SSSR count). The Morgan fingerprint density at radius 2 is 1.84 bits per heavy atom. The maximum atomic E-state index is 13.2. The second kappa shape index (κ2) is 8.55. The number of aromatic nitrogens is 1. The SMILES string of the molecule is Cc1cccc(NC(=O)Cn2c(=O)oc3cc(S(=O)(=O)N4CC(C)CC(C)C4)ccc32)c1. The summed E-state index contributed by atoms with van der Waals surface area (Å²) in [6, 6.07) is 11.7. The summed E-state index contributed by atoms with van der Waals surface area (Å²) in [6.07, 6.45) is 0.993. The van der Waals surface area contributed by atoms with E-state index in [0.717, 1.165) is 12.0 Å². The minimum absolute atomic E-state index is 0.0800. The Bertz CT molecular complexity index is 1310. The molecule has 1 amide bonds. The third kappa shape index (κ3) is 4.49. The van der Waals surface area contributed by atoms with Crippen molar-refractivity contribution in [1.29, 1.82) is 0 Å². The standard InChI is InChI=1S/C23H27N3O5S/c1-15-5-4-6-18(10-15)24-22(27)14-26-20-8-7-19(11-21(20)31-23(26)28)32(29,30)25-12-16(2)9-17(3)13-25/h4-8,10-11,16-17H,9,12-14H2,1-3H3,(H,24,27). The van der Waals surface area contributed by atoms with Crippen molar-refractivity contribution in [2.75, 3.05) is 18.4 Å². The average molecular weight is 458 g/mol. The lowest BCUT2D eigenvalue weighted by atomic mass is 9.94. The summed E-state index contributed by atoms with van der Waals surface area (Å²) in [7, 11) is -3.71. The van der Waals surface area contributed by atoms with Gasteiger partial charge in [0.15, 0.2) is 5.58 Å². The number of benzene rings is 2. The molecule has 1 N–H and O–H groups in total. The number of carbonyl (C=O) groups is 1. The van der Waals surface area contributed by atoms with E-state index in [0.29, 0.717) is 24.3 Å². The van der Waals surface area contributed by atoms with Gasteiger partial charge in [0.1, 0.15) is 6.54 Å². The van der Waals surface area contributed by atoms with Gasteiger partial charge in [0.05, 0.1) is 10.4 Å². The van der Waals surface area contributed by atoms with E-state index >= 15 is 0 Å². The highest BCUT2D eigenvalue weighted by Gasteiger charge is 2.32. The van der Waals surface area contributed by atoms with Gasteiger partial charge in [-0.05, 0) is 55.0 Å². The lowest BCUT2D eigenvalue weighted by Gasteiger charge is -2.34. The number of aryl methyl sites for hydroxylation is 1. The van der Waals surface area contributed by atoms with Crippen LogP contribution < -0.4 is 11.1 Å². The summed E-state index contributed by atoms with van der Waals surface area (Å²) in [5, 5.41) is 2.76. The largest absolute Gasteiger partial charge is 0.420 e. The number of oxazole rings is 1. The molecule has 1 aliphatic heterocycles. The highest BCUT2D eigenvalue weighted by atomic mass is 32.2. The molecule has 1 saturated heterocycles. The van der Waals surface area contributed by atoms with Crippen molar-refractivity contribution in [1.82, 2.24) is 8.87 Å². The van der Waals surface area contributed by atoms with Gasteiger partial charge in [0.25, 0.3) is 0 Å². The Labute approximate surface area is 186 Å². The second-order valence-electron chi connectivity index (χ2n) is 8.77. The van der Waals surface area contributed by atoms with Crippen molar-refractivity contribution >= 4 is 32.7 Å².